The first-order valence-electron chi connectivity index (χ1n) is 1.96. The maximum absolute atomic E-state index is 10.4. The van der Waals surface area contributed by atoms with Crippen molar-refractivity contribution in [3.63, 3.8) is 0 Å². The molecule has 46 valence electrons. The van der Waals surface area contributed by atoms with E-state index in [0.717, 1.165) is 0 Å². The van der Waals surface area contributed by atoms with E-state index >= 15 is 0 Å². The molecule has 0 unspecified atom stereocenters. The van der Waals surface area contributed by atoms with Gasteiger partial charge in [0, 0.05) is 0 Å². The van der Waals surface area contributed by atoms with Crippen LogP contribution in [0.4, 0.5) is 0 Å². The predicted octanol–water partition coefficient (Wildman–Crippen LogP) is -3.06. The third-order valence-corrected chi connectivity index (χ3v) is 3.08. The molecular weight excluding hydrogens is 223 g/mol. The van der Waals surface area contributed by atoms with Gasteiger partial charge in [-0.25, -0.2) is 0 Å². The van der Waals surface area contributed by atoms with Gasteiger partial charge in [-0.1, -0.05) is 0 Å². The number of rotatable bonds is 0. The number of aliphatic hydroxyl groups excluding tert-OH is 2. The molecule has 1 aliphatic rings. The molecule has 0 spiro atoms. The molecule has 0 aromatic heterocycles. The van der Waals surface area contributed by atoms with Crippen LogP contribution < -0.4 is 21.2 Å². The Morgan fingerprint density at radius 2 is 2.12 bits per heavy atom. The van der Waals surface area contributed by atoms with Gasteiger partial charge in [-0.3, -0.25) is 0 Å². The third-order valence-electron chi connectivity index (χ3n) is 0.774. The Labute approximate surface area is 56.3 Å². The van der Waals surface area contributed by atoms with Crippen molar-refractivity contribution in [1.29, 1.82) is 0 Å². The molecule has 0 aliphatic carbocycles. The van der Waals surface area contributed by atoms with E-state index in [1.165, 1.54) is 0 Å². The van der Waals surface area contributed by atoms with Crippen LogP contribution in [0.1, 0.15) is 0 Å². The summed E-state index contributed by atoms with van der Waals surface area (Å²) in [5, 5.41) is 17.2. The van der Waals surface area contributed by atoms with Crippen molar-refractivity contribution in [3.8, 4) is 0 Å². The van der Waals surface area contributed by atoms with E-state index in [2.05, 4.69) is 0 Å². The molecule has 0 saturated heterocycles. The monoisotopic (exact) mass is 227 g/mol. The van der Waals surface area contributed by atoms with Gasteiger partial charge in [0.15, 0.2) is 0 Å². The van der Waals surface area contributed by atoms with Crippen LogP contribution in [0.3, 0.4) is 0 Å². The minimum atomic E-state index is -0.614. The van der Waals surface area contributed by atoms with E-state index in [0.29, 0.717) is 4.43 Å². The number of halogens is 1. The molecule has 8 heavy (non-hydrogen) atoms. The van der Waals surface area contributed by atoms with Gasteiger partial charge >= 0.3 is 55.9 Å². The van der Waals surface area contributed by atoms with E-state index < -0.39 is 27.0 Å². The summed E-state index contributed by atoms with van der Waals surface area (Å²) in [5.41, 5.74) is 0. The molecule has 0 radical (unpaired) electrons. The Kier molecular flexibility index (Phi) is 1.41. The Balaban J connectivity index is 2.86. The molecule has 0 atom stereocenters. The number of allylic oxidation sites excluding steroid dienone is 2. The number of carbonyl (C=O) groups excluding carboxylic acids is 1. The summed E-state index contributed by atoms with van der Waals surface area (Å²) in [7, 11) is 0. The Morgan fingerprint density at radius 1 is 1.50 bits per heavy atom. The van der Waals surface area contributed by atoms with Gasteiger partial charge in [-0.15, -0.1) is 0 Å². The normalized spacial score (nSPS) is 21.2. The fraction of sp³-hybridized carbons (Fsp3) is 0.250. The molecule has 0 bridgehead atoms. The van der Waals surface area contributed by atoms with Gasteiger partial charge in [-0.2, -0.15) is 0 Å². The van der Waals surface area contributed by atoms with Gasteiger partial charge in [0.25, 0.3) is 0 Å². The first kappa shape index (κ1) is 5.87. The second-order valence-corrected chi connectivity index (χ2v) is 3.84. The van der Waals surface area contributed by atoms with Crippen molar-refractivity contribution in [2.24, 2.45) is 0 Å². The first-order valence-corrected chi connectivity index (χ1v) is 4.57. The molecule has 1 rings (SSSR count). The van der Waals surface area contributed by atoms with Gasteiger partial charge in [0.2, 0.25) is 0 Å². The van der Waals surface area contributed by atoms with E-state index in [1.54, 1.807) is 0 Å². The molecule has 1 heterocycles. The standard InChI is InChI=1S/C4H4IO3/c6-2-1-5-4(8)3(2)7/h6-7H,1H2/q-1. The molecule has 3 nitrogen and oxygen atoms in total. The Bertz CT molecular complexity index is 161. The van der Waals surface area contributed by atoms with Crippen LogP contribution in [0.15, 0.2) is 11.5 Å². The van der Waals surface area contributed by atoms with Crippen molar-refractivity contribution < 1.29 is 36.2 Å². The number of hydrogen-bond donors (Lipinski definition) is 2. The Morgan fingerprint density at radius 3 is 2.25 bits per heavy atom. The van der Waals surface area contributed by atoms with Crippen molar-refractivity contribution >= 4 is 3.79 Å². The van der Waals surface area contributed by atoms with Crippen molar-refractivity contribution in [3.05, 3.63) is 11.5 Å². The van der Waals surface area contributed by atoms with Gasteiger partial charge in [-0.05, 0) is 0 Å². The summed E-state index contributed by atoms with van der Waals surface area (Å²) in [5.74, 6) is -0.527. The summed E-state index contributed by atoms with van der Waals surface area (Å²) < 4.78 is 0.158. The van der Waals surface area contributed by atoms with Crippen LogP contribution in [0.2, 0.25) is 0 Å². The molecule has 0 saturated carbocycles. The van der Waals surface area contributed by atoms with E-state index in [-0.39, 0.29) is 9.55 Å². The second kappa shape index (κ2) is 1.93. The SMILES string of the molecule is O=C1[I-]CC(O)=C1O. The van der Waals surface area contributed by atoms with Gasteiger partial charge in [0.1, 0.15) is 0 Å². The average molecular weight is 227 g/mol. The minimum absolute atomic E-state index is 0.122. The Hall–Kier alpha value is -0.260. The fourth-order valence-electron chi connectivity index (χ4n) is 0.364. The molecule has 0 amide bonds. The van der Waals surface area contributed by atoms with Crippen molar-refractivity contribution in [2.75, 3.05) is 4.43 Å². The zero-order chi connectivity index (χ0) is 6.15. The van der Waals surface area contributed by atoms with Crippen LogP contribution in [0, 0.1) is 0 Å². The van der Waals surface area contributed by atoms with E-state index in [1.807, 2.05) is 0 Å². The maximum atomic E-state index is 10.4. The number of aliphatic hydroxyl groups is 2. The quantitative estimate of drug-likeness (QED) is 0.262. The number of hydrogen-bond acceptors (Lipinski definition) is 3. The van der Waals surface area contributed by atoms with E-state index in [4.69, 9.17) is 10.2 Å². The van der Waals surface area contributed by atoms with Gasteiger partial charge in [0.05, 0.1) is 0 Å². The molecule has 1 aliphatic heterocycles. The van der Waals surface area contributed by atoms with Crippen LogP contribution in [0.25, 0.3) is 0 Å². The van der Waals surface area contributed by atoms with Crippen LogP contribution >= 0.6 is 0 Å². The van der Waals surface area contributed by atoms with Gasteiger partial charge < -0.3 is 0 Å². The van der Waals surface area contributed by atoms with Crippen LogP contribution in [-0.2, 0) is 4.79 Å². The second-order valence-electron chi connectivity index (χ2n) is 1.34. The topological polar surface area (TPSA) is 57.5 Å². The molecule has 0 aromatic carbocycles. The van der Waals surface area contributed by atoms with Crippen molar-refractivity contribution in [2.45, 2.75) is 0 Å². The summed E-state index contributed by atoms with van der Waals surface area (Å²) in [6.45, 7) is 0. The van der Waals surface area contributed by atoms with Crippen LogP contribution in [0.5, 0.6) is 0 Å². The molecule has 0 fully saturated rings. The number of alkyl halides is 1. The van der Waals surface area contributed by atoms with Crippen molar-refractivity contribution in [1.82, 2.24) is 0 Å². The average Bonchev–Trinajstić information content (AvgIpc) is 1.98. The fourth-order valence-corrected chi connectivity index (χ4v) is 2.11. The molecule has 0 aromatic rings. The summed E-state index contributed by atoms with van der Waals surface area (Å²) in [4.78, 5) is 10.4. The summed E-state index contributed by atoms with van der Waals surface area (Å²) in [6.07, 6.45) is 0. The van der Waals surface area contributed by atoms with Crippen LogP contribution in [-0.4, -0.2) is 18.4 Å². The number of carbonyl (C=O) groups is 1. The first-order chi connectivity index (χ1) is 3.72. The van der Waals surface area contributed by atoms with E-state index in [9.17, 15) is 4.79 Å². The molecular formula is C4H4IO3-. The zero-order valence-corrected chi connectivity index (χ0v) is 6.05. The predicted molar refractivity (Wildman–Crippen MR) is 22.2 cm³/mol. The zero-order valence-electron chi connectivity index (χ0n) is 3.89. The molecule has 2 N–H and O–H groups in total. The summed E-state index contributed by atoms with van der Waals surface area (Å²) in [6, 6.07) is 0. The summed E-state index contributed by atoms with van der Waals surface area (Å²) >= 11 is -0.614. The third kappa shape index (κ3) is 0.795. The molecule has 4 heteroatoms.